The first-order chi connectivity index (χ1) is 15.2. The molecule has 0 fully saturated rings. The first-order valence-electron chi connectivity index (χ1n) is 9.44. The molecule has 0 bridgehead atoms. The molecule has 3 rings (SSSR count). The van der Waals surface area contributed by atoms with Gasteiger partial charge in [-0.1, -0.05) is 30.1 Å². The molecule has 0 radical (unpaired) electrons. The van der Waals surface area contributed by atoms with Gasteiger partial charge in [-0.05, 0) is 19.1 Å². The number of hydrogen-bond acceptors (Lipinski definition) is 8. The second kappa shape index (κ2) is 9.99. The topological polar surface area (TPSA) is 121 Å². The van der Waals surface area contributed by atoms with Crippen LogP contribution in [0.4, 0.5) is 5.95 Å². The fourth-order valence-electron chi connectivity index (χ4n) is 2.91. The van der Waals surface area contributed by atoms with E-state index in [1.165, 1.54) is 31.2 Å². The van der Waals surface area contributed by atoms with E-state index in [4.69, 9.17) is 32.7 Å². The van der Waals surface area contributed by atoms with Gasteiger partial charge in [0.05, 0.1) is 28.1 Å². The van der Waals surface area contributed by atoms with Crippen LogP contribution in [-0.2, 0) is 21.4 Å². The molecule has 2 heterocycles. The number of benzene rings is 1. The lowest BCUT2D eigenvalue weighted by atomic mass is 10.1. The minimum absolute atomic E-state index is 0.0386. The Morgan fingerprint density at radius 1 is 1.12 bits per heavy atom. The van der Waals surface area contributed by atoms with Crippen molar-refractivity contribution in [2.24, 2.45) is 0 Å². The summed E-state index contributed by atoms with van der Waals surface area (Å²) >= 11 is 12.2. The molecule has 0 aliphatic carbocycles. The van der Waals surface area contributed by atoms with Crippen LogP contribution in [0.15, 0.2) is 30.6 Å². The van der Waals surface area contributed by atoms with Gasteiger partial charge in [0.15, 0.2) is 5.82 Å². The molecule has 3 aromatic rings. The number of anilines is 1. The Bertz CT molecular complexity index is 1190. The predicted molar refractivity (Wildman–Crippen MR) is 121 cm³/mol. The summed E-state index contributed by atoms with van der Waals surface area (Å²) in [4.78, 5) is 8.26. The van der Waals surface area contributed by atoms with E-state index < -0.39 is 21.2 Å². The van der Waals surface area contributed by atoms with Crippen LogP contribution in [0.25, 0.3) is 5.69 Å². The van der Waals surface area contributed by atoms with Crippen LogP contribution >= 0.6 is 23.2 Å². The highest BCUT2D eigenvalue weighted by atomic mass is 35.5. The lowest BCUT2D eigenvalue weighted by molar-refractivity contribution is 0.176. The van der Waals surface area contributed by atoms with Crippen molar-refractivity contribution in [2.75, 3.05) is 18.9 Å². The van der Waals surface area contributed by atoms with Gasteiger partial charge in [-0.3, -0.25) is 9.29 Å². The molecular weight excluding hydrogens is 479 g/mol. The second-order valence-electron chi connectivity index (χ2n) is 6.93. The molecule has 1 N–H and O–H groups in total. The number of aromatic nitrogens is 5. The molecule has 2 aromatic heterocycles. The van der Waals surface area contributed by atoms with Crippen LogP contribution in [-0.4, -0.2) is 52.6 Å². The highest BCUT2D eigenvalue weighted by Gasteiger charge is 2.31. The Hall–Kier alpha value is -2.47. The van der Waals surface area contributed by atoms with E-state index in [9.17, 15) is 8.42 Å². The van der Waals surface area contributed by atoms with Gasteiger partial charge in [-0.25, -0.2) is 18.4 Å². The molecule has 0 amide bonds. The monoisotopic (exact) mass is 500 g/mol. The SMILES string of the molecule is COCc1nnc(NS(=O)(=O)C(C)C(C)c2ncc(Cl)cn2)n1-c1cc(OC)ccc1Cl. The lowest BCUT2D eigenvalue weighted by Crippen LogP contribution is -2.31. The Balaban J connectivity index is 1.98. The normalized spacial score (nSPS) is 13.6. The third-order valence-electron chi connectivity index (χ3n) is 4.87. The molecule has 32 heavy (non-hydrogen) atoms. The van der Waals surface area contributed by atoms with E-state index in [1.54, 1.807) is 32.0 Å². The van der Waals surface area contributed by atoms with Gasteiger partial charge in [0.2, 0.25) is 16.0 Å². The summed E-state index contributed by atoms with van der Waals surface area (Å²) < 4.78 is 40.8. The molecule has 172 valence electrons. The highest BCUT2D eigenvalue weighted by Crippen LogP contribution is 2.30. The van der Waals surface area contributed by atoms with Crippen molar-refractivity contribution in [3.63, 3.8) is 0 Å². The summed E-state index contributed by atoms with van der Waals surface area (Å²) in [5.74, 6) is 0.659. The fraction of sp³-hybridized carbons (Fsp3) is 0.368. The van der Waals surface area contributed by atoms with Crippen molar-refractivity contribution in [1.82, 2.24) is 24.7 Å². The number of halogens is 2. The van der Waals surface area contributed by atoms with Gasteiger partial charge in [-0.15, -0.1) is 10.2 Å². The average molecular weight is 501 g/mol. The highest BCUT2D eigenvalue weighted by molar-refractivity contribution is 7.93. The summed E-state index contributed by atoms with van der Waals surface area (Å²) in [7, 11) is -0.926. The zero-order chi connectivity index (χ0) is 23.5. The van der Waals surface area contributed by atoms with E-state index in [-0.39, 0.29) is 12.6 Å². The maximum atomic E-state index is 13.2. The summed E-state index contributed by atoms with van der Waals surface area (Å²) in [5, 5.41) is 7.88. The fourth-order valence-corrected chi connectivity index (χ4v) is 4.44. The number of nitrogens with one attached hydrogen (secondary N) is 1. The molecule has 0 saturated carbocycles. The third-order valence-corrected chi connectivity index (χ3v) is 7.24. The number of ether oxygens (including phenoxy) is 2. The van der Waals surface area contributed by atoms with Gasteiger partial charge in [-0.2, -0.15) is 0 Å². The van der Waals surface area contributed by atoms with Crippen molar-refractivity contribution in [2.45, 2.75) is 31.6 Å². The Labute approximate surface area is 196 Å². The van der Waals surface area contributed by atoms with Crippen LogP contribution in [0.1, 0.15) is 31.4 Å². The van der Waals surface area contributed by atoms with Crippen LogP contribution in [0.3, 0.4) is 0 Å². The quantitative estimate of drug-likeness (QED) is 0.473. The molecule has 10 nitrogen and oxygen atoms in total. The zero-order valence-corrected chi connectivity index (χ0v) is 20.1. The van der Waals surface area contributed by atoms with Crippen LogP contribution in [0.2, 0.25) is 10.0 Å². The van der Waals surface area contributed by atoms with E-state index in [0.29, 0.717) is 33.1 Å². The Morgan fingerprint density at radius 3 is 2.44 bits per heavy atom. The zero-order valence-electron chi connectivity index (χ0n) is 17.8. The molecule has 0 saturated heterocycles. The number of sulfonamides is 1. The van der Waals surface area contributed by atoms with E-state index in [2.05, 4.69) is 24.9 Å². The van der Waals surface area contributed by atoms with Gasteiger partial charge >= 0.3 is 0 Å². The molecular formula is C19H22Cl2N6O4S. The first-order valence-corrected chi connectivity index (χ1v) is 11.7. The van der Waals surface area contributed by atoms with Gasteiger partial charge < -0.3 is 9.47 Å². The van der Waals surface area contributed by atoms with Crippen LogP contribution in [0, 0.1) is 0 Å². The number of rotatable bonds is 9. The number of nitrogens with zero attached hydrogens (tertiary/aromatic N) is 5. The van der Waals surface area contributed by atoms with Gasteiger partial charge in [0.25, 0.3) is 0 Å². The third kappa shape index (κ3) is 5.12. The lowest BCUT2D eigenvalue weighted by Gasteiger charge is -2.20. The smallest absolute Gasteiger partial charge is 0.243 e. The standard InChI is InChI=1S/C19H22Cl2N6O4S/c1-11(18-22-8-13(20)9-23-18)12(2)32(28,29)26-19-25-24-17(10-30-3)27(19)16-7-14(31-4)5-6-15(16)21/h5-9,11-12H,10H2,1-4H3,(H,25,26). The molecule has 2 atom stereocenters. The summed E-state index contributed by atoms with van der Waals surface area (Å²) in [6.45, 7) is 3.35. The maximum Gasteiger partial charge on any atom is 0.243 e. The summed E-state index contributed by atoms with van der Waals surface area (Å²) in [6, 6.07) is 4.97. The van der Waals surface area contributed by atoms with Crippen LogP contribution in [0.5, 0.6) is 5.75 Å². The largest absolute Gasteiger partial charge is 0.497 e. The molecule has 13 heteroatoms. The van der Waals surface area contributed by atoms with E-state index in [1.807, 2.05) is 0 Å². The van der Waals surface area contributed by atoms with Crippen molar-refractivity contribution in [3.8, 4) is 11.4 Å². The molecule has 1 aromatic carbocycles. The summed E-state index contributed by atoms with van der Waals surface area (Å²) in [6.07, 6.45) is 2.84. The van der Waals surface area contributed by atoms with Crippen molar-refractivity contribution in [3.05, 3.63) is 52.3 Å². The minimum Gasteiger partial charge on any atom is -0.497 e. The first kappa shape index (κ1) is 24.2. The number of hydrogen-bond donors (Lipinski definition) is 1. The number of methoxy groups -OCH3 is 2. The average Bonchev–Trinajstić information content (AvgIpc) is 3.15. The van der Waals surface area contributed by atoms with E-state index in [0.717, 1.165) is 0 Å². The molecule has 0 aliphatic rings. The van der Waals surface area contributed by atoms with Gasteiger partial charge in [0, 0.05) is 31.5 Å². The van der Waals surface area contributed by atoms with E-state index >= 15 is 0 Å². The Morgan fingerprint density at radius 2 is 1.81 bits per heavy atom. The summed E-state index contributed by atoms with van der Waals surface area (Å²) in [5.41, 5.74) is 0.433. The molecule has 2 unspecified atom stereocenters. The molecule has 0 aliphatic heterocycles. The molecule has 0 spiro atoms. The van der Waals surface area contributed by atoms with Crippen LogP contribution < -0.4 is 9.46 Å². The predicted octanol–water partition coefficient (Wildman–Crippen LogP) is 3.45. The minimum atomic E-state index is -3.93. The Kier molecular flexibility index (Phi) is 7.55. The maximum absolute atomic E-state index is 13.2. The second-order valence-corrected chi connectivity index (χ2v) is 9.81. The van der Waals surface area contributed by atoms with Crippen molar-refractivity contribution < 1.29 is 17.9 Å². The van der Waals surface area contributed by atoms with Crippen molar-refractivity contribution in [1.29, 1.82) is 0 Å². The van der Waals surface area contributed by atoms with Crippen molar-refractivity contribution >= 4 is 39.2 Å². The van der Waals surface area contributed by atoms with Gasteiger partial charge in [0.1, 0.15) is 18.2 Å².